The number of aryl methyl sites for hydroxylation is 2. The molecule has 1 aromatic rings. The minimum atomic E-state index is 0. The quantitative estimate of drug-likeness (QED) is 0.895. The highest BCUT2D eigenvalue weighted by atomic mass is 35.5. The number of piperidine rings is 1. The molecular weight excluding hydrogens is 312 g/mol. The van der Waals surface area contributed by atoms with Crippen molar-refractivity contribution in [1.82, 2.24) is 4.90 Å². The molecule has 0 aromatic heterocycles. The number of amides is 1. The molecule has 0 saturated carbocycles. The van der Waals surface area contributed by atoms with Gasteiger partial charge in [0.25, 0.3) is 0 Å². The zero-order valence-corrected chi connectivity index (χ0v) is 15.2. The van der Waals surface area contributed by atoms with Crippen molar-refractivity contribution >= 4 is 18.3 Å². The molecule has 1 fully saturated rings. The van der Waals surface area contributed by atoms with Gasteiger partial charge in [-0.25, -0.2) is 0 Å². The fourth-order valence-electron chi connectivity index (χ4n) is 3.02. The lowest BCUT2D eigenvalue weighted by molar-refractivity contribution is -0.135. The summed E-state index contributed by atoms with van der Waals surface area (Å²) in [5, 5.41) is 0. The SMILES string of the molecule is Cc1ccc(OCCC(=O)N2CCCCC2C(C)N)cc1C.Cl. The molecule has 2 unspecified atom stereocenters. The van der Waals surface area contributed by atoms with Crippen LogP contribution in [0.15, 0.2) is 18.2 Å². The lowest BCUT2D eigenvalue weighted by Gasteiger charge is -2.38. The van der Waals surface area contributed by atoms with Crippen LogP contribution in [0.1, 0.15) is 43.7 Å². The van der Waals surface area contributed by atoms with Crippen LogP contribution in [0.4, 0.5) is 0 Å². The Morgan fingerprint density at radius 1 is 1.35 bits per heavy atom. The lowest BCUT2D eigenvalue weighted by atomic mass is 9.96. The average Bonchev–Trinajstić information content (AvgIpc) is 2.50. The first kappa shape index (κ1) is 19.8. The van der Waals surface area contributed by atoms with E-state index in [1.165, 1.54) is 11.1 Å². The van der Waals surface area contributed by atoms with Crippen molar-refractivity contribution in [3.8, 4) is 5.75 Å². The van der Waals surface area contributed by atoms with E-state index in [-0.39, 0.29) is 30.4 Å². The third-order valence-corrected chi connectivity index (χ3v) is 4.54. The maximum Gasteiger partial charge on any atom is 0.226 e. The smallest absolute Gasteiger partial charge is 0.226 e. The highest BCUT2D eigenvalue weighted by molar-refractivity contribution is 5.85. The van der Waals surface area contributed by atoms with Crippen LogP contribution in [0.3, 0.4) is 0 Å². The molecule has 4 nitrogen and oxygen atoms in total. The minimum absolute atomic E-state index is 0. The van der Waals surface area contributed by atoms with E-state index < -0.39 is 0 Å². The summed E-state index contributed by atoms with van der Waals surface area (Å²) >= 11 is 0. The van der Waals surface area contributed by atoms with Crippen LogP contribution in [-0.4, -0.2) is 36.0 Å². The van der Waals surface area contributed by atoms with Crippen LogP contribution in [0.5, 0.6) is 5.75 Å². The molecule has 1 aromatic carbocycles. The molecule has 1 heterocycles. The maximum absolute atomic E-state index is 12.4. The normalized spacial score (nSPS) is 19.0. The number of ether oxygens (including phenoxy) is 1. The van der Waals surface area contributed by atoms with Gasteiger partial charge in [-0.15, -0.1) is 12.4 Å². The molecule has 0 aliphatic carbocycles. The van der Waals surface area contributed by atoms with Crippen LogP contribution in [0.2, 0.25) is 0 Å². The second kappa shape index (κ2) is 9.14. The molecule has 2 N–H and O–H groups in total. The summed E-state index contributed by atoms with van der Waals surface area (Å²) in [6, 6.07) is 6.24. The van der Waals surface area contributed by atoms with Gasteiger partial charge >= 0.3 is 0 Å². The van der Waals surface area contributed by atoms with E-state index in [0.29, 0.717) is 13.0 Å². The molecule has 0 spiro atoms. The Kier molecular flexibility index (Phi) is 7.86. The number of carbonyl (C=O) groups excluding carboxylic acids is 1. The molecule has 1 aliphatic heterocycles. The van der Waals surface area contributed by atoms with Crippen LogP contribution in [0, 0.1) is 13.8 Å². The van der Waals surface area contributed by atoms with Crippen molar-refractivity contribution in [2.24, 2.45) is 5.73 Å². The van der Waals surface area contributed by atoms with Gasteiger partial charge in [0.15, 0.2) is 0 Å². The molecular formula is C18H29ClN2O2. The highest BCUT2D eigenvalue weighted by Gasteiger charge is 2.28. The highest BCUT2D eigenvalue weighted by Crippen LogP contribution is 2.20. The van der Waals surface area contributed by atoms with E-state index in [4.69, 9.17) is 10.5 Å². The number of nitrogens with zero attached hydrogens (tertiary/aromatic N) is 1. The number of hydrogen-bond donors (Lipinski definition) is 1. The molecule has 0 radical (unpaired) electrons. The summed E-state index contributed by atoms with van der Waals surface area (Å²) in [4.78, 5) is 14.4. The van der Waals surface area contributed by atoms with Crippen molar-refractivity contribution in [2.75, 3.05) is 13.2 Å². The first-order valence-electron chi connectivity index (χ1n) is 8.24. The standard InChI is InChI=1S/C18H28N2O2.ClH/c1-13-7-8-16(12-14(13)2)22-11-9-18(21)20-10-5-4-6-17(20)15(3)19;/h7-8,12,15,17H,4-6,9-11,19H2,1-3H3;1H. The summed E-state index contributed by atoms with van der Waals surface area (Å²) in [7, 11) is 0. The molecule has 2 rings (SSSR count). The van der Waals surface area contributed by atoms with E-state index in [1.54, 1.807) is 0 Å². The molecule has 2 atom stereocenters. The minimum Gasteiger partial charge on any atom is -0.493 e. The molecule has 5 heteroatoms. The van der Waals surface area contributed by atoms with Crippen LogP contribution in [-0.2, 0) is 4.79 Å². The van der Waals surface area contributed by atoms with Crippen molar-refractivity contribution in [1.29, 1.82) is 0 Å². The first-order valence-corrected chi connectivity index (χ1v) is 8.24. The number of benzene rings is 1. The third kappa shape index (κ3) is 5.40. The molecule has 23 heavy (non-hydrogen) atoms. The average molecular weight is 341 g/mol. The topological polar surface area (TPSA) is 55.6 Å². The molecule has 1 saturated heterocycles. The van der Waals surface area contributed by atoms with Gasteiger partial charge in [0.1, 0.15) is 5.75 Å². The van der Waals surface area contributed by atoms with Crippen LogP contribution in [0.25, 0.3) is 0 Å². The van der Waals surface area contributed by atoms with Gasteiger partial charge in [-0.2, -0.15) is 0 Å². The van der Waals surface area contributed by atoms with E-state index in [0.717, 1.165) is 31.6 Å². The number of hydrogen-bond acceptors (Lipinski definition) is 3. The predicted octanol–water partition coefficient (Wildman–Crippen LogP) is 3.22. The van der Waals surface area contributed by atoms with Gasteiger partial charge in [-0.05, 0) is 63.3 Å². The van der Waals surface area contributed by atoms with Crippen molar-refractivity contribution in [3.63, 3.8) is 0 Å². The van der Waals surface area contributed by atoms with Gasteiger partial charge in [0, 0.05) is 18.6 Å². The Balaban J connectivity index is 0.00000264. The summed E-state index contributed by atoms with van der Waals surface area (Å²) < 4.78 is 5.72. The number of nitrogens with two attached hydrogens (primary N) is 1. The molecule has 1 aliphatic rings. The number of carbonyl (C=O) groups is 1. The number of rotatable bonds is 5. The summed E-state index contributed by atoms with van der Waals surface area (Å²) in [5.41, 5.74) is 8.47. The van der Waals surface area contributed by atoms with E-state index in [2.05, 4.69) is 13.8 Å². The van der Waals surface area contributed by atoms with E-state index in [1.807, 2.05) is 30.0 Å². The Hall–Kier alpha value is -1.26. The number of likely N-dealkylation sites (tertiary alicyclic amines) is 1. The Morgan fingerprint density at radius 3 is 2.74 bits per heavy atom. The fourth-order valence-corrected chi connectivity index (χ4v) is 3.02. The van der Waals surface area contributed by atoms with Crippen LogP contribution >= 0.6 is 12.4 Å². The van der Waals surface area contributed by atoms with Gasteiger partial charge in [0.2, 0.25) is 5.91 Å². The van der Waals surface area contributed by atoms with Crippen LogP contribution < -0.4 is 10.5 Å². The van der Waals surface area contributed by atoms with Gasteiger partial charge in [0.05, 0.1) is 13.0 Å². The summed E-state index contributed by atoms with van der Waals surface area (Å²) in [6.45, 7) is 7.38. The third-order valence-electron chi connectivity index (χ3n) is 4.54. The molecule has 1 amide bonds. The Bertz CT molecular complexity index is 520. The predicted molar refractivity (Wildman–Crippen MR) is 96.3 cm³/mol. The van der Waals surface area contributed by atoms with Crippen molar-refractivity contribution in [3.05, 3.63) is 29.3 Å². The molecule has 130 valence electrons. The second-order valence-electron chi connectivity index (χ2n) is 6.35. The first-order chi connectivity index (χ1) is 10.5. The summed E-state index contributed by atoms with van der Waals surface area (Å²) in [5.74, 6) is 0.990. The van der Waals surface area contributed by atoms with Gasteiger partial charge < -0.3 is 15.4 Å². The zero-order valence-electron chi connectivity index (χ0n) is 14.4. The Labute approximate surface area is 145 Å². The number of halogens is 1. The Morgan fingerprint density at radius 2 is 2.09 bits per heavy atom. The van der Waals surface area contributed by atoms with Gasteiger partial charge in [-0.1, -0.05) is 6.07 Å². The van der Waals surface area contributed by atoms with Crippen molar-refractivity contribution in [2.45, 2.75) is 58.5 Å². The lowest BCUT2D eigenvalue weighted by Crippen LogP contribution is -2.51. The monoisotopic (exact) mass is 340 g/mol. The fraction of sp³-hybridized carbons (Fsp3) is 0.611. The molecule has 0 bridgehead atoms. The van der Waals surface area contributed by atoms with E-state index in [9.17, 15) is 4.79 Å². The van der Waals surface area contributed by atoms with Crippen molar-refractivity contribution < 1.29 is 9.53 Å². The van der Waals surface area contributed by atoms with Gasteiger partial charge in [-0.3, -0.25) is 4.79 Å². The zero-order chi connectivity index (χ0) is 16.1. The summed E-state index contributed by atoms with van der Waals surface area (Å²) in [6.07, 6.45) is 3.67. The largest absolute Gasteiger partial charge is 0.493 e. The van der Waals surface area contributed by atoms with E-state index >= 15 is 0 Å². The maximum atomic E-state index is 12.4. The second-order valence-corrected chi connectivity index (χ2v) is 6.35.